The molecule has 8 aromatic carbocycles. The normalized spacial score (nSPS) is 11.7. The van der Waals surface area contributed by atoms with Gasteiger partial charge < -0.3 is 13.6 Å². The Bertz CT molecular complexity index is 3610. The molecule has 0 aliphatic rings. The molecule has 0 unspecified atom stereocenters. The lowest BCUT2D eigenvalue weighted by molar-refractivity contribution is 0.673. The fourth-order valence-electron chi connectivity index (χ4n) is 8.88. The van der Waals surface area contributed by atoms with Crippen molar-refractivity contribution in [1.29, 1.82) is 5.26 Å². The molecule has 274 valence electrons. The lowest BCUT2D eigenvalue weighted by Crippen LogP contribution is -2.02. The van der Waals surface area contributed by atoms with Crippen molar-refractivity contribution in [2.24, 2.45) is 0 Å². The summed E-state index contributed by atoms with van der Waals surface area (Å²) < 4.78 is 11.6. The van der Waals surface area contributed by atoms with Crippen molar-refractivity contribution >= 4 is 65.6 Å². The van der Waals surface area contributed by atoms with Crippen LogP contribution in [0.5, 0.6) is 0 Å². The van der Waals surface area contributed by atoms with Crippen molar-refractivity contribution in [2.45, 2.75) is 0 Å². The largest absolute Gasteiger partial charge is 0.455 e. The number of fused-ring (bicyclic) bond motifs is 12. The fraction of sp³-hybridized carbons (Fsp3) is 0. The van der Waals surface area contributed by atoms with E-state index in [2.05, 4.69) is 112 Å². The van der Waals surface area contributed by atoms with E-state index in [0.29, 0.717) is 28.6 Å². The van der Waals surface area contributed by atoms with E-state index in [-0.39, 0.29) is 0 Å². The quantitative estimate of drug-likeness (QED) is 0.175. The molecule has 4 heterocycles. The van der Waals surface area contributed by atoms with Crippen LogP contribution in [0.4, 0.5) is 0 Å². The number of rotatable bonds is 5. The number of nitrogens with zero attached hydrogens (tertiary/aromatic N) is 6. The Kier molecular flexibility index (Phi) is 7.16. The summed E-state index contributed by atoms with van der Waals surface area (Å²) >= 11 is 0. The lowest BCUT2D eigenvalue weighted by Gasteiger charge is -2.13. The first-order valence-corrected chi connectivity index (χ1v) is 19.5. The highest BCUT2D eigenvalue weighted by molar-refractivity contribution is 6.39. The first-order valence-electron chi connectivity index (χ1n) is 19.5. The number of hydrogen-bond donors (Lipinski definition) is 0. The molecule has 0 aliphatic carbocycles. The predicted octanol–water partition coefficient (Wildman–Crippen LogP) is 12.8. The molecule has 0 aliphatic heterocycles. The summed E-state index contributed by atoms with van der Waals surface area (Å²) in [6.07, 6.45) is 0. The van der Waals surface area contributed by atoms with Gasteiger partial charge >= 0.3 is 0 Å². The van der Waals surface area contributed by atoms with Crippen molar-refractivity contribution in [3.63, 3.8) is 0 Å². The van der Waals surface area contributed by atoms with Crippen molar-refractivity contribution in [3.05, 3.63) is 188 Å². The minimum atomic E-state index is 0.431. The van der Waals surface area contributed by atoms with E-state index in [4.69, 9.17) is 19.4 Å². The second-order valence-corrected chi connectivity index (χ2v) is 14.7. The van der Waals surface area contributed by atoms with Gasteiger partial charge in [0.05, 0.1) is 44.5 Å². The van der Waals surface area contributed by atoms with Gasteiger partial charge in [0.2, 0.25) is 0 Å². The van der Waals surface area contributed by atoms with Gasteiger partial charge in [-0.05, 0) is 48.5 Å². The average molecular weight is 755 g/mol. The molecule has 0 fully saturated rings. The summed E-state index contributed by atoms with van der Waals surface area (Å²) in [6, 6.07) is 64.2. The van der Waals surface area contributed by atoms with Gasteiger partial charge in [-0.2, -0.15) is 5.26 Å². The summed E-state index contributed by atoms with van der Waals surface area (Å²) in [6.45, 7) is 0. The van der Waals surface area contributed by atoms with Crippen LogP contribution in [0.3, 0.4) is 0 Å². The van der Waals surface area contributed by atoms with E-state index in [1.807, 2.05) is 84.9 Å². The number of hydrogen-bond acceptors (Lipinski definition) is 5. The maximum Gasteiger partial charge on any atom is 0.165 e. The third-order valence-corrected chi connectivity index (χ3v) is 11.4. The summed E-state index contributed by atoms with van der Waals surface area (Å²) in [7, 11) is 0. The third-order valence-electron chi connectivity index (χ3n) is 11.4. The van der Waals surface area contributed by atoms with Gasteiger partial charge in [-0.25, -0.2) is 15.0 Å². The van der Waals surface area contributed by atoms with Crippen LogP contribution >= 0.6 is 0 Å². The topological polar surface area (TPSA) is 85.5 Å². The Labute approximate surface area is 337 Å². The van der Waals surface area contributed by atoms with Gasteiger partial charge in [-0.15, -0.1) is 0 Å². The van der Waals surface area contributed by atoms with E-state index in [0.717, 1.165) is 88.1 Å². The summed E-state index contributed by atoms with van der Waals surface area (Å²) in [4.78, 5) is 14.8. The SMILES string of the molecule is N#Cc1cc(-n2c3ccccc3c3c4oc5ccccc5c4c4c(c5ccccc5n4-c4ccccc4)c32)ccc1-c1nc(-c2ccccc2)nc(-c2ccccc2)n1. The van der Waals surface area contributed by atoms with Gasteiger partial charge in [-0.3, -0.25) is 0 Å². The monoisotopic (exact) mass is 754 g/mol. The van der Waals surface area contributed by atoms with Crippen LogP contribution in [0, 0.1) is 11.3 Å². The van der Waals surface area contributed by atoms with Crippen molar-refractivity contribution < 1.29 is 4.42 Å². The molecule has 0 atom stereocenters. The minimum absolute atomic E-state index is 0.431. The predicted molar refractivity (Wildman–Crippen MR) is 237 cm³/mol. The summed E-state index contributed by atoms with van der Waals surface area (Å²) in [5.74, 6) is 1.51. The molecule has 7 nitrogen and oxygen atoms in total. The van der Waals surface area contributed by atoms with E-state index in [1.165, 1.54) is 0 Å². The molecule has 0 N–H and O–H groups in total. The molecular formula is C52H30N6O. The second kappa shape index (κ2) is 12.8. The number of aromatic nitrogens is 5. The van der Waals surface area contributed by atoms with Crippen LogP contribution in [0.1, 0.15) is 5.56 Å². The maximum atomic E-state index is 10.9. The van der Waals surface area contributed by atoms with Crippen LogP contribution in [0.15, 0.2) is 186 Å². The Morgan fingerprint density at radius 2 is 0.932 bits per heavy atom. The van der Waals surface area contributed by atoms with Gasteiger partial charge in [0, 0.05) is 49.6 Å². The highest BCUT2D eigenvalue weighted by atomic mass is 16.3. The molecule has 7 heteroatoms. The van der Waals surface area contributed by atoms with Gasteiger partial charge in [-0.1, -0.05) is 133 Å². The molecule has 12 aromatic rings. The van der Waals surface area contributed by atoms with Crippen molar-refractivity contribution in [3.8, 4) is 51.6 Å². The minimum Gasteiger partial charge on any atom is -0.455 e. The van der Waals surface area contributed by atoms with E-state index in [1.54, 1.807) is 0 Å². The highest BCUT2D eigenvalue weighted by Gasteiger charge is 2.28. The first-order chi connectivity index (χ1) is 29.2. The molecular weight excluding hydrogens is 725 g/mol. The molecule has 59 heavy (non-hydrogen) atoms. The van der Waals surface area contributed by atoms with Crippen LogP contribution in [0.2, 0.25) is 0 Å². The molecule has 12 rings (SSSR count). The summed E-state index contributed by atoms with van der Waals surface area (Å²) in [5.41, 5.74) is 10.5. The molecule has 0 spiro atoms. The maximum absolute atomic E-state index is 10.9. The van der Waals surface area contributed by atoms with Gasteiger partial charge in [0.1, 0.15) is 11.2 Å². The molecule has 0 amide bonds. The number of furan rings is 1. The highest BCUT2D eigenvalue weighted by Crippen LogP contribution is 2.49. The lowest BCUT2D eigenvalue weighted by atomic mass is 10.0. The van der Waals surface area contributed by atoms with E-state index < -0.39 is 0 Å². The number of nitriles is 1. The molecule has 0 radical (unpaired) electrons. The second-order valence-electron chi connectivity index (χ2n) is 14.7. The fourth-order valence-corrected chi connectivity index (χ4v) is 8.88. The number of benzene rings is 8. The molecule has 0 saturated heterocycles. The zero-order chi connectivity index (χ0) is 39.0. The van der Waals surface area contributed by atoms with Crippen LogP contribution in [-0.2, 0) is 0 Å². The number of para-hydroxylation sites is 4. The summed E-state index contributed by atoms with van der Waals surface area (Å²) in [5, 5.41) is 17.4. The van der Waals surface area contributed by atoms with E-state index in [9.17, 15) is 5.26 Å². The Balaban J connectivity index is 1.19. The van der Waals surface area contributed by atoms with Crippen molar-refractivity contribution in [2.75, 3.05) is 0 Å². The Hall–Kier alpha value is -8.34. The van der Waals surface area contributed by atoms with Crippen LogP contribution in [0.25, 0.3) is 111 Å². The first kappa shape index (κ1) is 32.9. The van der Waals surface area contributed by atoms with Crippen molar-refractivity contribution in [1.82, 2.24) is 24.1 Å². The Morgan fingerprint density at radius 1 is 0.441 bits per heavy atom. The standard InChI is InChI=1S/C52H30N6O/c53-31-34-30-36(28-29-37(34)52-55-50(32-16-4-1-5-17-32)54-51(56-52)33-18-6-2-7-19-33)58-42-26-14-11-23-39(42)45-47(58)44-38-22-10-13-25-41(38)57(35-20-8-3-9-21-35)48(44)46-40-24-12-15-27-43(40)59-49(45)46/h1-30H. The molecule has 0 saturated carbocycles. The molecule has 0 bridgehead atoms. The van der Waals surface area contributed by atoms with Gasteiger partial charge in [0.15, 0.2) is 17.5 Å². The zero-order valence-electron chi connectivity index (χ0n) is 31.4. The van der Waals surface area contributed by atoms with Crippen LogP contribution < -0.4 is 0 Å². The third kappa shape index (κ3) is 4.90. The van der Waals surface area contributed by atoms with E-state index >= 15 is 0 Å². The Morgan fingerprint density at radius 3 is 1.56 bits per heavy atom. The van der Waals surface area contributed by atoms with Gasteiger partial charge in [0.25, 0.3) is 0 Å². The average Bonchev–Trinajstić information content (AvgIpc) is 3.97. The smallest absolute Gasteiger partial charge is 0.165 e. The zero-order valence-corrected chi connectivity index (χ0v) is 31.4. The van der Waals surface area contributed by atoms with Crippen LogP contribution in [-0.4, -0.2) is 24.1 Å². The molecule has 4 aromatic heterocycles.